The number of amides is 2. The number of anilines is 1. The van der Waals surface area contributed by atoms with Crippen molar-refractivity contribution in [3.63, 3.8) is 0 Å². The molecule has 0 aromatic heterocycles. The third kappa shape index (κ3) is 6.80. The zero-order valence-corrected chi connectivity index (χ0v) is 22.8. The van der Waals surface area contributed by atoms with Gasteiger partial charge < -0.3 is 20.5 Å². The molecule has 2 aromatic rings. The quantitative estimate of drug-likeness (QED) is 0.451. The van der Waals surface area contributed by atoms with Gasteiger partial charge in [-0.2, -0.15) is 0 Å². The van der Waals surface area contributed by atoms with E-state index in [0.717, 1.165) is 12.8 Å². The van der Waals surface area contributed by atoms with E-state index >= 15 is 0 Å². The summed E-state index contributed by atoms with van der Waals surface area (Å²) in [5, 5.41) is 8.79. The number of likely N-dealkylation sites (tertiary alicyclic amines) is 1. The van der Waals surface area contributed by atoms with Crippen molar-refractivity contribution in [2.45, 2.75) is 42.9 Å². The number of fused-ring (bicyclic) bond motifs is 1. The Morgan fingerprint density at radius 2 is 1.74 bits per heavy atom. The van der Waals surface area contributed by atoms with Crippen LogP contribution in [0.5, 0.6) is 0 Å². The molecular formula is C29H35N3O6S. The second-order valence-corrected chi connectivity index (χ2v) is 11.2. The second kappa shape index (κ2) is 13.1. The Morgan fingerprint density at radius 1 is 1.08 bits per heavy atom. The lowest BCUT2D eigenvalue weighted by molar-refractivity contribution is -0.153. The topological polar surface area (TPSA) is 130 Å². The van der Waals surface area contributed by atoms with Crippen molar-refractivity contribution < 1.29 is 29.0 Å². The van der Waals surface area contributed by atoms with E-state index in [9.17, 15) is 24.3 Å². The Bertz CT molecular complexity index is 1180. The molecule has 1 saturated heterocycles. The van der Waals surface area contributed by atoms with Gasteiger partial charge in [0, 0.05) is 23.5 Å². The minimum absolute atomic E-state index is 0.0172. The maximum absolute atomic E-state index is 13.8. The van der Waals surface area contributed by atoms with Crippen LogP contribution in [0.3, 0.4) is 0 Å². The van der Waals surface area contributed by atoms with Gasteiger partial charge in [-0.3, -0.25) is 24.1 Å². The first-order chi connectivity index (χ1) is 18.8. The molecule has 2 heterocycles. The van der Waals surface area contributed by atoms with Crippen LogP contribution in [0.15, 0.2) is 59.5 Å². The van der Waals surface area contributed by atoms with Crippen LogP contribution in [0.25, 0.3) is 0 Å². The number of esters is 1. The lowest BCUT2D eigenvalue weighted by atomic mass is 9.82. The van der Waals surface area contributed by atoms with Crippen molar-refractivity contribution in [1.82, 2.24) is 4.90 Å². The van der Waals surface area contributed by atoms with Gasteiger partial charge in [-0.15, -0.1) is 11.8 Å². The van der Waals surface area contributed by atoms with E-state index in [4.69, 9.17) is 10.5 Å². The van der Waals surface area contributed by atoms with E-state index in [1.807, 2.05) is 35.2 Å². The zero-order chi connectivity index (χ0) is 27.9. The Morgan fingerprint density at radius 3 is 2.41 bits per heavy atom. The highest BCUT2D eigenvalue weighted by atomic mass is 32.2. The van der Waals surface area contributed by atoms with Gasteiger partial charge in [0.25, 0.3) is 5.91 Å². The molecule has 9 nitrogen and oxygen atoms in total. The van der Waals surface area contributed by atoms with Crippen LogP contribution in [0.1, 0.15) is 43.0 Å². The molecule has 2 aliphatic heterocycles. The maximum Gasteiger partial charge on any atom is 0.323 e. The fraction of sp³-hybridized carbons (Fsp3) is 0.448. The summed E-state index contributed by atoms with van der Waals surface area (Å²) in [6.07, 6.45) is 2.65. The minimum Gasteiger partial charge on any atom is -0.480 e. The van der Waals surface area contributed by atoms with Gasteiger partial charge in [-0.25, -0.2) is 0 Å². The highest BCUT2D eigenvalue weighted by Gasteiger charge is 2.44. The molecule has 208 valence electrons. The number of ether oxygens (including phenoxy) is 1. The van der Waals surface area contributed by atoms with Crippen molar-refractivity contribution >= 4 is 41.2 Å². The van der Waals surface area contributed by atoms with Gasteiger partial charge in [0.1, 0.15) is 6.54 Å². The Labute approximate surface area is 232 Å². The van der Waals surface area contributed by atoms with E-state index in [1.165, 1.54) is 16.7 Å². The van der Waals surface area contributed by atoms with Crippen molar-refractivity contribution in [2.75, 3.05) is 31.1 Å². The summed E-state index contributed by atoms with van der Waals surface area (Å²) in [5.41, 5.74) is 7.69. The fourth-order valence-corrected chi connectivity index (χ4v) is 6.64. The minimum atomic E-state index is -1.15. The highest BCUT2D eigenvalue weighted by molar-refractivity contribution is 8.00. The number of benzene rings is 2. The average Bonchev–Trinajstić information content (AvgIpc) is 3.03. The molecular weight excluding hydrogens is 518 g/mol. The van der Waals surface area contributed by atoms with Gasteiger partial charge in [0.2, 0.25) is 5.91 Å². The number of nitrogens with zero attached hydrogens (tertiary/aromatic N) is 2. The first-order valence-electron chi connectivity index (χ1n) is 13.4. The molecule has 2 aromatic carbocycles. The maximum atomic E-state index is 13.8. The summed E-state index contributed by atoms with van der Waals surface area (Å²) in [4.78, 5) is 55.3. The van der Waals surface area contributed by atoms with Crippen LogP contribution in [-0.2, 0) is 19.1 Å². The molecule has 0 radical (unpaired) electrons. The third-order valence-corrected chi connectivity index (χ3v) is 8.61. The predicted octanol–water partition coefficient (Wildman–Crippen LogP) is 3.62. The van der Waals surface area contributed by atoms with Crippen LogP contribution in [0.4, 0.5) is 5.69 Å². The van der Waals surface area contributed by atoms with Crippen LogP contribution in [0.2, 0.25) is 0 Å². The van der Waals surface area contributed by atoms with E-state index in [0.29, 0.717) is 42.1 Å². The van der Waals surface area contributed by atoms with Crippen LogP contribution < -0.4 is 10.6 Å². The first-order valence-corrected chi connectivity index (χ1v) is 14.2. The van der Waals surface area contributed by atoms with E-state index < -0.39 is 41.6 Å². The van der Waals surface area contributed by atoms with E-state index in [2.05, 4.69) is 0 Å². The van der Waals surface area contributed by atoms with Gasteiger partial charge in [0.05, 0.1) is 29.5 Å². The average molecular weight is 554 g/mol. The number of carbonyl (C=O) groups is 4. The van der Waals surface area contributed by atoms with Crippen molar-refractivity contribution in [3.8, 4) is 0 Å². The van der Waals surface area contributed by atoms with Gasteiger partial charge in [-0.1, -0.05) is 30.3 Å². The predicted molar refractivity (Wildman–Crippen MR) is 148 cm³/mol. The summed E-state index contributed by atoms with van der Waals surface area (Å²) in [6, 6.07) is 16.3. The number of nitrogens with two attached hydrogens (primary N) is 1. The normalized spacial score (nSPS) is 20.6. The molecule has 3 N–H and O–H groups in total. The molecule has 0 saturated carbocycles. The summed E-state index contributed by atoms with van der Waals surface area (Å²) in [7, 11) is 0. The number of hydrogen-bond donors (Lipinski definition) is 2. The summed E-state index contributed by atoms with van der Waals surface area (Å²) in [6.45, 7) is 2.61. The van der Waals surface area contributed by atoms with Crippen molar-refractivity contribution in [1.29, 1.82) is 0 Å². The molecule has 1 fully saturated rings. The number of para-hydroxylation sites is 1. The molecule has 0 spiro atoms. The van der Waals surface area contributed by atoms with E-state index in [-0.39, 0.29) is 18.4 Å². The molecule has 0 bridgehead atoms. The summed E-state index contributed by atoms with van der Waals surface area (Å²) in [5.74, 6) is -3.59. The molecule has 3 atom stereocenters. The zero-order valence-electron chi connectivity index (χ0n) is 22.0. The van der Waals surface area contributed by atoms with Gasteiger partial charge >= 0.3 is 11.9 Å². The molecule has 2 amide bonds. The summed E-state index contributed by atoms with van der Waals surface area (Å²) >= 11 is 1.27. The Hall–Kier alpha value is -3.37. The van der Waals surface area contributed by atoms with Gasteiger partial charge in [0.15, 0.2) is 0 Å². The monoisotopic (exact) mass is 553 g/mol. The number of carboxylic acid groups (broad SMARTS) is 1. The second-order valence-electron chi connectivity index (χ2n) is 9.93. The number of carboxylic acids is 1. The Balaban J connectivity index is 1.48. The molecule has 1 unspecified atom stereocenters. The number of piperidine rings is 1. The van der Waals surface area contributed by atoms with Gasteiger partial charge in [-0.05, 0) is 62.8 Å². The molecule has 0 aliphatic carbocycles. The Kier molecular flexibility index (Phi) is 9.63. The third-order valence-electron chi connectivity index (χ3n) is 7.45. The smallest absolute Gasteiger partial charge is 0.323 e. The number of rotatable bonds is 9. The largest absolute Gasteiger partial charge is 0.480 e. The standard InChI is InChI=1S/C29H35N3O6S/c1-2-38-29(37)21(13-12-19-14-16-31(17-15-19)27(35)20-8-4-3-5-9-20)25-26(30)39-23-11-7-6-10-22(23)32(28(25)36)18-24(33)34/h3-11,19,21,25-26H,2,12-18,30H2,1H3,(H,33,34)/t21-,25-,26?/m0/s1. The van der Waals surface area contributed by atoms with Crippen LogP contribution >= 0.6 is 11.8 Å². The van der Waals surface area contributed by atoms with Crippen LogP contribution in [0, 0.1) is 17.8 Å². The fourth-order valence-electron chi connectivity index (χ4n) is 5.43. The molecule has 2 aliphatic rings. The lowest BCUT2D eigenvalue weighted by Gasteiger charge is -2.34. The summed E-state index contributed by atoms with van der Waals surface area (Å²) < 4.78 is 5.38. The number of aliphatic carboxylic acids is 1. The van der Waals surface area contributed by atoms with Crippen LogP contribution in [-0.4, -0.2) is 65.4 Å². The number of carbonyl (C=O) groups excluding carboxylic acids is 3. The van der Waals surface area contributed by atoms with E-state index in [1.54, 1.807) is 31.2 Å². The van der Waals surface area contributed by atoms with Crippen molar-refractivity contribution in [2.24, 2.45) is 23.5 Å². The SMILES string of the molecule is CCOC(=O)[C@@H](CCC1CCN(C(=O)c2ccccc2)CC1)[C@@H]1C(=O)N(CC(=O)O)c2ccccc2SC1N. The first kappa shape index (κ1) is 28.6. The molecule has 10 heteroatoms. The number of hydrogen-bond acceptors (Lipinski definition) is 7. The molecule has 39 heavy (non-hydrogen) atoms. The lowest BCUT2D eigenvalue weighted by Crippen LogP contribution is -2.49. The van der Waals surface area contributed by atoms with Crippen molar-refractivity contribution in [3.05, 3.63) is 60.2 Å². The highest BCUT2D eigenvalue weighted by Crippen LogP contribution is 2.42. The number of thioether (sulfide) groups is 1. The molecule has 4 rings (SSSR count).